The van der Waals surface area contributed by atoms with Crippen molar-refractivity contribution in [2.45, 2.75) is 20.3 Å². The summed E-state index contributed by atoms with van der Waals surface area (Å²) >= 11 is 0. The summed E-state index contributed by atoms with van der Waals surface area (Å²) in [7, 11) is 2.14. The molecule has 0 atom stereocenters. The summed E-state index contributed by atoms with van der Waals surface area (Å²) in [6.07, 6.45) is 1.27. The average Bonchev–Trinajstić information content (AvgIpc) is 1.68. The molecule has 0 fully saturated rings. The molecule has 0 unspecified atom stereocenters. The van der Waals surface area contributed by atoms with E-state index in [1.807, 2.05) is 0 Å². The SMILES string of the molecule is CCC[N+](C)CC. The Morgan fingerprint density at radius 2 is 1.86 bits per heavy atom. The first-order valence-corrected chi connectivity index (χ1v) is 2.99. The zero-order valence-electron chi connectivity index (χ0n) is 5.57. The fourth-order valence-corrected chi connectivity index (χ4v) is 0.540. The van der Waals surface area contributed by atoms with E-state index >= 15 is 0 Å². The lowest BCUT2D eigenvalue weighted by Crippen LogP contribution is -2.24. The molecule has 1 heteroatoms. The van der Waals surface area contributed by atoms with Gasteiger partial charge < -0.3 is 0 Å². The Balaban J connectivity index is 2.83. The normalized spacial score (nSPS) is 10.3. The van der Waals surface area contributed by atoms with Crippen LogP contribution >= 0.6 is 0 Å². The summed E-state index contributed by atoms with van der Waals surface area (Å²) in [4.78, 5) is 2.31. The highest BCUT2D eigenvalue weighted by Crippen LogP contribution is 1.78. The Bertz CT molecular complexity index is 35.2. The van der Waals surface area contributed by atoms with Crippen molar-refractivity contribution in [3.05, 3.63) is 0 Å². The molecule has 0 aromatic carbocycles. The molecule has 0 amide bonds. The summed E-state index contributed by atoms with van der Waals surface area (Å²) < 4.78 is 0. The van der Waals surface area contributed by atoms with Crippen molar-refractivity contribution in [1.29, 1.82) is 0 Å². The molecule has 1 nitrogen and oxygen atoms in total. The van der Waals surface area contributed by atoms with E-state index in [1.54, 1.807) is 0 Å². The van der Waals surface area contributed by atoms with Gasteiger partial charge in [0.05, 0.1) is 0 Å². The van der Waals surface area contributed by atoms with Gasteiger partial charge in [0.2, 0.25) is 0 Å². The molecule has 0 aliphatic heterocycles. The second kappa shape index (κ2) is 4.13. The third-order valence-corrected chi connectivity index (χ3v) is 1.15. The van der Waals surface area contributed by atoms with Crippen molar-refractivity contribution in [2.75, 3.05) is 20.1 Å². The molecule has 43 valence electrons. The van der Waals surface area contributed by atoms with Crippen LogP contribution in [0.25, 0.3) is 0 Å². The second-order valence-electron chi connectivity index (χ2n) is 1.90. The van der Waals surface area contributed by atoms with Crippen LogP contribution in [0.2, 0.25) is 0 Å². The smallest absolute Gasteiger partial charge is 0.122 e. The van der Waals surface area contributed by atoms with E-state index in [9.17, 15) is 0 Å². The molecule has 0 aromatic rings. The third kappa shape index (κ3) is 3.80. The zero-order chi connectivity index (χ0) is 5.70. The molecular weight excluding hydrogens is 86.1 g/mol. The predicted molar refractivity (Wildman–Crippen MR) is 33.8 cm³/mol. The fourth-order valence-electron chi connectivity index (χ4n) is 0.540. The minimum atomic E-state index is 1.17. The Hall–Kier alpha value is -0.0400. The van der Waals surface area contributed by atoms with Crippen LogP contribution in [0, 0.1) is 0 Å². The first-order valence-electron chi connectivity index (χ1n) is 2.99. The highest BCUT2D eigenvalue weighted by Gasteiger charge is 1.97. The van der Waals surface area contributed by atoms with E-state index in [0.717, 1.165) is 0 Å². The third-order valence-electron chi connectivity index (χ3n) is 1.15. The largest absolute Gasteiger partial charge is 0.173 e. The van der Waals surface area contributed by atoms with Crippen molar-refractivity contribution in [1.82, 2.24) is 4.90 Å². The molecule has 0 saturated heterocycles. The molecule has 0 aromatic heterocycles. The van der Waals surface area contributed by atoms with Crippen molar-refractivity contribution in [3.63, 3.8) is 0 Å². The van der Waals surface area contributed by atoms with Crippen LogP contribution < -0.4 is 4.90 Å². The lowest BCUT2D eigenvalue weighted by atomic mass is 10.4. The Labute approximate surface area is 46.3 Å². The molecular formula is C6H15N+. The number of hydrogen-bond acceptors (Lipinski definition) is 1. The maximum atomic E-state index is 2.31. The second-order valence-corrected chi connectivity index (χ2v) is 1.90. The maximum Gasteiger partial charge on any atom is 0.122 e. The first kappa shape index (κ1) is 6.96. The minimum Gasteiger partial charge on any atom is -0.173 e. The van der Waals surface area contributed by atoms with E-state index in [4.69, 9.17) is 0 Å². The van der Waals surface area contributed by atoms with Gasteiger partial charge in [-0.1, -0.05) is 6.92 Å². The summed E-state index contributed by atoms with van der Waals surface area (Å²) in [6, 6.07) is 0. The highest BCUT2D eigenvalue weighted by atomic mass is 15.1. The lowest BCUT2D eigenvalue weighted by molar-refractivity contribution is 0.497. The summed E-state index contributed by atoms with van der Waals surface area (Å²) in [6.45, 7) is 6.78. The van der Waals surface area contributed by atoms with Gasteiger partial charge in [-0.2, -0.15) is 4.90 Å². The maximum absolute atomic E-state index is 2.31. The number of rotatable bonds is 3. The van der Waals surface area contributed by atoms with Crippen LogP contribution in [0.1, 0.15) is 20.3 Å². The van der Waals surface area contributed by atoms with Gasteiger partial charge >= 0.3 is 0 Å². The topological polar surface area (TPSA) is 5.90 Å². The Morgan fingerprint density at radius 1 is 1.29 bits per heavy atom. The van der Waals surface area contributed by atoms with Gasteiger partial charge in [-0.15, -0.1) is 0 Å². The number of nitrogens with zero attached hydrogens (tertiary/aromatic N) is 1. The van der Waals surface area contributed by atoms with Gasteiger partial charge in [0, 0.05) is 0 Å². The average molecular weight is 101 g/mol. The summed E-state index contributed by atoms with van der Waals surface area (Å²) in [5, 5.41) is 0. The van der Waals surface area contributed by atoms with Crippen molar-refractivity contribution < 1.29 is 0 Å². The first-order chi connectivity index (χ1) is 3.31. The molecule has 0 heterocycles. The molecule has 1 radical (unpaired) electrons. The highest BCUT2D eigenvalue weighted by molar-refractivity contribution is 4.49. The quantitative estimate of drug-likeness (QED) is 0.471. The van der Waals surface area contributed by atoms with E-state index < -0.39 is 0 Å². The van der Waals surface area contributed by atoms with Crippen LogP contribution in [0.4, 0.5) is 0 Å². The van der Waals surface area contributed by atoms with Gasteiger partial charge in [0.25, 0.3) is 0 Å². The monoisotopic (exact) mass is 101 g/mol. The molecule has 0 bridgehead atoms. The fraction of sp³-hybridized carbons (Fsp3) is 1.00. The molecule has 0 aliphatic carbocycles. The summed E-state index contributed by atoms with van der Waals surface area (Å²) in [5.74, 6) is 0. The molecule has 0 spiro atoms. The van der Waals surface area contributed by atoms with Crippen LogP contribution in [0.5, 0.6) is 0 Å². The van der Waals surface area contributed by atoms with E-state index in [-0.39, 0.29) is 0 Å². The van der Waals surface area contributed by atoms with Crippen LogP contribution in [-0.2, 0) is 0 Å². The zero-order valence-corrected chi connectivity index (χ0v) is 5.57. The summed E-state index contributed by atoms with van der Waals surface area (Å²) in [5.41, 5.74) is 0. The van der Waals surface area contributed by atoms with E-state index in [0.29, 0.717) is 0 Å². The van der Waals surface area contributed by atoms with Crippen molar-refractivity contribution in [2.24, 2.45) is 0 Å². The van der Waals surface area contributed by atoms with E-state index in [2.05, 4.69) is 25.8 Å². The Kier molecular flexibility index (Phi) is 4.10. The van der Waals surface area contributed by atoms with Gasteiger partial charge in [-0.25, -0.2) is 0 Å². The van der Waals surface area contributed by atoms with Crippen LogP contribution in [0.15, 0.2) is 0 Å². The predicted octanol–water partition coefficient (Wildman–Crippen LogP) is 1.19. The molecule has 0 N–H and O–H groups in total. The van der Waals surface area contributed by atoms with E-state index in [1.165, 1.54) is 19.5 Å². The lowest BCUT2D eigenvalue weighted by Gasteiger charge is -1.98. The van der Waals surface area contributed by atoms with Crippen LogP contribution in [0.3, 0.4) is 0 Å². The van der Waals surface area contributed by atoms with Crippen LogP contribution in [-0.4, -0.2) is 20.1 Å². The van der Waals surface area contributed by atoms with Crippen molar-refractivity contribution in [3.8, 4) is 0 Å². The minimum absolute atomic E-state index is 1.17. The van der Waals surface area contributed by atoms with Gasteiger partial charge in [0.15, 0.2) is 0 Å². The van der Waals surface area contributed by atoms with Gasteiger partial charge in [-0.3, -0.25) is 0 Å². The van der Waals surface area contributed by atoms with Crippen molar-refractivity contribution >= 4 is 0 Å². The van der Waals surface area contributed by atoms with Gasteiger partial charge in [-0.05, 0) is 13.3 Å². The standard InChI is InChI=1S/C6H15N/c1-4-6-7(3)5-2/h4-6H2,1-3H3/q+1. The molecule has 0 aliphatic rings. The molecule has 0 saturated carbocycles. The molecule has 0 rings (SSSR count). The Morgan fingerprint density at radius 3 is 2.00 bits per heavy atom. The van der Waals surface area contributed by atoms with Gasteiger partial charge in [0.1, 0.15) is 20.1 Å². The molecule has 7 heavy (non-hydrogen) atoms. The number of hydrogen-bond donors (Lipinski definition) is 0.